The largest absolute Gasteiger partial charge is 0.506 e. The van der Waals surface area contributed by atoms with Crippen molar-refractivity contribution >= 4 is 22.2 Å². The Labute approximate surface area is 97.4 Å². The quantitative estimate of drug-likeness (QED) is 0.795. The molecule has 0 aromatic heterocycles. The molecule has 0 aliphatic heterocycles. The molecule has 1 aromatic carbocycles. The van der Waals surface area contributed by atoms with Crippen LogP contribution < -0.4 is 0 Å². The Morgan fingerprint density at radius 1 is 1.53 bits per heavy atom. The normalized spacial score (nSPS) is 17.5. The van der Waals surface area contributed by atoms with E-state index in [4.69, 9.17) is 0 Å². The van der Waals surface area contributed by atoms with Crippen LogP contribution in [0.3, 0.4) is 0 Å². The number of hydrogen-bond acceptors (Lipinski definition) is 2. The highest BCUT2D eigenvalue weighted by Crippen LogP contribution is 2.45. The van der Waals surface area contributed by atoms with E-state index in [9.17, 15) is 9.90 Å². The van der Waals surface area contributed by atoms with Crippen molar-refractivity contribution in [2.24, 2.45) is 0 Å². The summed E-state index contributed by atoms with van der Waals surface area (Å²) in [5.74, 6) is 0.0708. The summed E-state index contributed by atoms with van der Waals surface area (Å²) in [7, 11) is 0. The maximum absolute atomic E-state index is 10.8. The molecular weight excluding hydrogens is 256 g/mol. The van der Waals surface area contributed by atoms with E-state index in [1.54, 1.807) is 0 Å². The van der Waals surface area contributed by atoms with Crippen LogP contribution in [-0.4, -0.2) is 11.4 Å². The van der Waals surface area contributed by atoms with Gasteiger partial charge in [0, 0.05) is 0 Å². The van der Waals surface area contributed by atoms with E-state index in [2.05, 4.69) is 29.8 Å². The third-order valence-electron chi connectivity index (χ3n) is 3.23. The van der Waals surface area contributed by atoms with Gasteiger partial charge in [-0.15, -0.1) is 0 Å². The summed E-state index contributed by atoms with van der Waals surface area (Å²) in [6.07, 6.45) is 2.72. The standard InChI is InChI=1S/C12H13BrO2/c1-12(2)4-3-8-9(12)5-7(6-14)11(15)10(8)13/h5-6,15H,3-4H2,1-2H3. The van der Waals surface area contributed by atoms with Crippen LogP contribution in [0.4, 0.5) is 0 Å². The fourth-order valence-corrected chi connectivity index (χ4v) is 2.85. The zero-order valence-electron chi connectivity index (χ0n) is 8.80. The van der Waals surface area contributed by atoms with Gasteiger partial charge in [-0.2, -0.15) is 0 Å². The molecule has 15 heavy (non-hydrogen) atoms. The van der Waals surface area contributed by atoms with Gasteiger partial charge >= 0.3 is 0 Å². The zero-order valence-corrected chi connectivity index (χ0v) is 10.4. The molecule has 0 heterocycles. The van der Waals surface area contributed by atoms with Crippen LogP contribution >= 0.6 is 15.9 Å². The number of phenols is 1. The Bertz CT molecular complexity index is 436. The van der Waals surface area contributed by atoms with Crippen molar-refractivity contribution in [3.63, 3.8) is 0 Å². The first kappa shape index (κ1) is 10.7. The fraction of sp³-hybridized carbons (Fsp3) is 0.417. The molecule has 1 aliphatic rings. The summed E-state index contributed by atoms with van der Waals surface area (Å²) in [4.78, 5) is 10.8. The first-order valence-corrected chi connectivity index (χ1v) is 5.76. The Kier molecular flexibility index (Phi) is 2.38. The van der Waals surface area contributed by atoms with Gasteiger partial charge in [0.05, 0.1) is 10.0 Å². The van der Waals surface area contributed by atoms with Crippen molar-refractivity contribution < 1.29 is 9.90 Å². The predicted octanol–water partition coefficient (Wildman–Crippen LogP) is 3.19. The van der Waals surface area contributed by atoms with Crippen LogP contribution in [-0.2, 0) is 11.8 Å². The number of phenolic OH excluding ortho intramolecular Hbond substituents is 1. The molecule has 1 aromatic rings. The van der Waals surface area contributed by atoms with Crippen molar-refractivity contribution in [2.75, 3.05) is 0 Å². The molecule has 0 radical (unpaired) electrons. The number of halogens is 1. The Hall–Kier alpha value is -0.830. The van der Waals surface area contributed by atoms with Crippen LogP contribution in [0.5, 0.6) is 5.75 Å². The molecule has 0 saturated carbocycles. The van der Waals surface area contributed by atoms with Crippen molar-refractivity contribution in [1.29, 1.82) is 0 Å². The fourth-order valence-electron chi connectivity index (χ4n) is 2.21. The predicted molar refractivity (Wildman–Crippen MR) is 62.5 cm³/mol. The lowest BCUT2D eigenvalue weighted by atomic mass is 9.86. The average molecular weight is 269 g/mol. The third kappa shape index (κ3) is 1.49. The van der Waals surface area contributed by atoms with E-state index in [0.29, 0.717) is 16.3 Å². The highest BCUT2D eigenvalue weighted by atomic mass is 79.9. The molecule has 2 rings (SSSR count). The molecule has 80 valence electrons. The van der Waals surface area contributed by atoms with Gasteiger partial charge in [-0.3, -0.25) is 4.79 Å². The number of carbonyl (C=O) groups excluding carboxylic acids is 1. The Balaban J connectivity index is 2.73. The number of benzene rings is 1. The van der Waals surface area contributed by atoms with E-state index in [1.165, 1.54) is 5.56 Å². The lowest BCUT2D eigenvalue weighted by molar-refractivity contribution is 0.112. The zero-order chi connectivity index (χ0) is 11.2. The SMILES string of the molecule is CC1(C)CCc2c1cc(C=O)c(O)c2Br. The summed E-state index contributed by atoms with van der Waals surface area (Å²) < 4.78 is 0.688. The second-order valence-electron chi connectivity index (χ2n) is 4.66. The molecule has 0 atom stereocenters. The second-order valence-corrected chi connectivity index (χ2v) is 5.45. The lowest BCUT2D eigenvalue weighted by Gasteiger charge is -2.19. The van der Waals surface area contributed by atoms with Crippen LogP contribution in [0.15, 0.2) is 10.5 Å². The lowest BCUT2D eigenvalue weighted by Crippen LogP contribution is -2.12. The van der Waals surface area contributed by atoms with Crippen LogP contribution in [0.1, 0.15) is 41.8 Å². The van der Waals surface area contributed by atoms with E-state index < -0.39 is 0 Å². The van der Waals surface area contributed by atoms with Gasteiger partial charge in [-0.05, 0) is 51.4 Å². The molecule has 1 N–H and O–H groups in total. The van der Waals surface area contributed by atoms with E-state index in [-0.39, 0.29) is 11.2 Å². The second kappa shape index (κ2) is 3.34. The van der Waals surface area contributed by atoms with Gasteiger partial charge in [0.2, 0.25) is 0 Å². The molecular formula is C12H13BrO2. The minimum atomic E-state index is 0.0708. The van der Waals surface area contributed by atoms with Crippen LogP contribution in [0, 0.1) is 0 Å². The molecule has 3 heteroatoms. The monoisotopic (exact) mass is 268 g/mol. The molecule has 0 bridgehead atoms. The van der Waals surface area contributed by atoms with Gasteiger partial charge in [-0.1, -0.05) is 13.8 Å². The minimum Gasteiger partial charge on any atom is -0.506 e. The number of fused-ring (bicyclic) bond motifs is 1. The van der Waals surface area contributed by atoms with Gasteiger partial charge in [-0.25, -0.2) is 0 Å². The summed E-state index contributed by atoms with van der Waals surface area (Å²) in [6, 6.07) is 1.81. The number of carbonyl (C=O) groups is 1. The molecule has 2 nitrogen and oxygen atoms in total. The van der Waals surface area contributed by atoms with Gasteiger partial charge in [0.15, 0.2) is 6.29 Å². The van der Waals surface area contributed by atoms with E-state index in [1.807, 2.05) is 6.07 Å². The maximum Gasteiger partial charge on any atom is 0.153 e. The van der Waals surface area contributed by atoms with E-state index in [0.717, 1.165) is 18.4 Å². The maximum atomic E-state index is 10.8. The molecule has 0 unspecified atom stereocenters. The third-order valence-corrected chi connectivity index (χ3v) is 4.08. The highest BCUT2D eigenvalue weighted by Gasteiger charge is 2.32. The van der Waals surface area contributed by atoms with Crippen molar-refractivity contribution in [3.8, 4) is 5.75 Å². The topological polar surface area (TPSA) is 37.3 Å². The molecule has 0 saturated heterocycles. The number of rotatable bonds is 1. The average Bonchev–Trinajstić information content (AvgIpc) is 2.48. The number of aromatic hydroxyl groups is 1. The van der Waals surface area contributed by atoms with Crippen molar-refractivity contribution in [1.82, 2.24) is 0 Å². The van der Waals surface area contributed by atoms with Crippen molar-refractivity contribution in [2.45, 2.75) is 32.1 Å². The Morgan fingerprint density at radius 2 is 2.20 bits per heavy atom. The summed E-state index contributed by atoms with van der Waals surface area (Å²) in [5, 5.41) is 9.75. The van der Waals surface area contributed by atoms with Gasteiger partial charge < -0.3 is 5.11 Å². The van der Waals surface area contributed by atoms with E-state index >= 15 is 0 Å². The molecule has 0 fully saturated rings. The Morgan fingerprint density at radius 3 is 2.80 bits per heavy atom. The smallest absolute Gasteiger partial charge is 0.153 e. The molecule has 1 aliphatic carbocycles. The number of aldehydes is 1. The van der Waals surface area contributed by atoms with Gasteiger partial charge in [0.25, 0.3) is 0 Å². The summed E-state index contributed by atoms with van der Waals surface area (Å²) in [5.41, 5.74) is 2.79. The van der Waals surface area contributed by atoms with Crippen LogP contribution in [0.2, 0.25) is 0 Å². The summed E-state index contributed by atoms with van der Waals surface area (Å²) in [6.45, 7) is 4.33. The summed E-state index contributed by atoms with van der Waals surface area (Å²) >= 11 is 3.37. The van der Waals surface area contributed by atoms with Crippen LogP contribution in [0.25, 0.3) is 0 Å². The highest BCUT2D eigenvalue weighted by molar-refractivity contribution is 9.10. The minimum absolute atomic E-state index is 0.0708. The molecule has 0 spiro atoms. The van der Waals surface area contributed by atoms with Gasteiger partial charge in [0.1, 0.15) is 5.75 Å². The molecule has 0 amide bonds. The number of hydrogen-bond donors (Lipinski definition) is 1. The van der Waals surface area contributed by atoms with Crippen molar-refractivity contribution in [3.05, 3.63) is 27.2 Å². The first-order valence-electron chi connectivity index (χ1n) is 4.97. The first-order chi connectivity index (χ1) is 6.97.